The van der Waals surface area contributed by atoms with Crippen molar-refractivity contribution >= 4 is 23.4 Å². The lowest BCUT2D eigenvalue weighted by Gasteiger charge is -2.16. The minimum atomic E-state index is -0.314. The molecular formula is C23H26NO3+. The van der Waals surface area contributed by atoms with Crippen LogP contribution in [0.3, 0.4) is 0 Å². The highest BCUT2D eigenvalue weighted by Crippen LogP contribution is 2.40. The molecule has 0 spiro atoms. The van der Waals surface area contributed by atoms with E-state index in [1.807, 2.05) is 49.4 Å². The second-order valence-electron chi connectivity index (χ2n) is 7.10. The smallest absolute Gasteiger partial charge is 0.337 e. The maximum Gasteiger partial charge on any atom is 0.337 e. The number of benzene rings is 2. The van der Waals surface area contributed by atoms with Crippen LogP contribution in [0.4, 0.5) is 5.69 Å². The zero-order valence-corrected chi connectivity index (χ0v) is 16.6. The zero-order chi connectivity index (χ0) is 19.6. The van der Waals surface area contributed by atoms with Gasteiger partial charge in [-0.25, -0.2) is 4.79 Å². The van der Waals surface area contributed by atoms with Crippen molar-refractivity contribution in [2.24, 2.45) is 0 Å². The van der Waals surface area contributed by atoms with Gasteiger partial charge in [0.05, 0.1) is 24.7 Å². The second kappa shape index (κ2) is 7.39. The summed E-state index contributed by atoms with van der Waals surface area (Å²) in [5.41, 5.74) is 4.76. The van der Waals surface area contributed by atoms with Gasteiger partial charge >= 0.3 is 5.97 Å². The highest BCUT2D eigenvalue weighted by atomic mass is 16.5. The minimum absolute atomic E-state index is 0.231. The summed E-state index contributed by atoms with van der Waals surface area (Å²) in [6.07, 6.45) is 4.22. The topological polar surface area (TPSA) is 38.5 Å². The van der Waals surface area contributed by atoms with Gasteiger partial charge in [-0.2, -0.15) is 4.58 Å². The normalized spacial score (nSPS) is 15.1. The number of hydrogen-bond acceptors (Lipinski definition) is 3. The van der Waals surface area contributed by atoms with E-state index in [0.717, 1.165) is 28.3 Å². The zero-order valence-electron chi connectivity index (χ0n) is 16.6. The van der Waals surface area contributed by atoms with Crippen molar-refractivity contribution in [3.63, 3.8) is 0 Å². The van der Waals surface area contributed by atoms with E-state index in [9.17, 15) is 4.79 Å². The summed E-state index contributed by atoms with van der Waals surface area (Å²) in [7, 11) is 3.46. The molecule has 0 aromatic heterocycles. The summed E-state index contributed by atoms with van der Waals surface area (Å²) < 4.78 is 12.8. The molecule has 1 heterocycles. The first-order chi connectivity index (χ1) is 12.9. The Kier molecular flexibility index (Phi) is 5.17. The van der Waals surface area contributed by atoms with Gasteiger partial charge in [0.25, 0.3) is 0 Å². The molecule has 4 heteroatoms. The number of para-hydroxylation sites is 1. The third kappa shape index (κ3) is 3.39. The summed E-state index contributed by atoms with van der Waals surface area (Å²) in [5, 5.41) is 0. The Labute approximate surface area is 160 Å². The third-order valence-corrected chi connectivity index (χ3v) is 5.09. The van der Waals surface area contributed by atoms with Crippen LogP contribution in [0.1, 0.15) is 42.3 Å². The Morgan fingerprint density at radius 1 is 1.15 bits per heavy atom. The van der Waals surface area contributed by atoms with Crippen LogP contribution in [0.5, 0.6) is 5.75 Å². The average molecular weight is 364 g/mol. The van der Waals surface area contributed by atoms with Crippen LogP contribution in [0.25, 0.3) is 6.08 Å². The number of methoxy groups -OCH3 is 1. The number of rotatable bonds is 5. The molecule has 4 nitrogen and oxygen atoms in total. The molecule has 0 fully saturated rings. The van der Waals surface area contributed by atoms with E-state index < -0.39 is 0 Å². The number of ether oxygens (including phenoxy) is 2. The first-order valence-corrected chi connectivity index (χ1v) is 9.14. The molecule has 1 aliphatic rings. The second-order valence-corrected chi connectivity index (χ2v) is 7.10. The van der Waals surface area contributed by atoms with E-state index in [1.54, 1.807) is 0 Å². The summed E-state index contributed by atoms with van der Waals surface area (Å²) in [5.74, 6) is 0.562. The number of carbonyl (C=O) groups excluding carboxylic acids is 1. The summed E-state index contributed by atoms with van der Waals surface area (Å²) in [6, 6.07) is 13.7. The summed E-state index contributed by atoms with van der Waals surface area (Å²) >= 11 is 0. The average Bonchev–Trinajstić information content (AvgIpc) is 2.86. The van der Waals surface area contributed by atoms with E-state index in [-0.39, 0.29) is 11.4 Å². The van der Waals surface area contributed by atoms with E-state index in [1.165, 1.54) is 7.11 Å². The highest BCUT2D eigenvalue weighted by molar-refractivity contribution is 6.06. The molecule has 3 rings (SSSR count). The number of carbonyl (C=O) groups is 1. The first-order valence-electron chi connectivity index (χ1n) is 9.14. The number of allylic oxidation sites excluding steroid dienone is 1. The van der Waals surface area contributed by atoms with E-state index in [0.29, 0.717) is 12.2 Å². The van der Waals surface area contributed by atoms with Crippen molar-refractivity contribution in [2.75, 3.05) is 20.8 Å². The molecule has 140 valence electrons. The van der Waals surface area contributed by atoms with Gasteiger partial charge in [-0.1, -0.05) is 18.2 Å². The molecule has 0 saturated carbocycles. The standard InChI is InChI=1S/C23H26NO3/c1-6-27-20-10-8-7-9-16(20)12-14-21-23(2,3)18-15-17(22(25)26-5)11-13-19(18)24(21)4/h7-15H,6H2,1-5H3/q+1. The van der Waals surface area contributed by atoms with E-state index in [4.69, 9.17) is 9.47 Å². The predicted octanol–water partition coefficient (Wildman–Crippen LogP) is 4.59. The molecular weight excluding hydrogens is 338 g/mol. The van der Waals surface area contributed by atoms with Crippen LogP contribution in [0.2, 0.25) is 0 Å². The van der Waals surface area contributed by atoms with Gasteiger partial charge in [0.15, 0.2) is 5.71 Å². The van der Waals surface area contributed by atoms with Crippen molar-refractivity contribution in [1.82, 2.24) is 0 Å². The Bertz CT molecular complexity index is 938. The van der Waals surface area contributed by atoms with E-state index in [2.05, 4.69) is 37.6 Å². The molecule has 0 unspecified atom stereocenters. The Hall–Kier alpha value is -2.88. The minimum Gasteiger partial charge on any atom is -0.493 e. The Morgan fingerprint density at radius 3 is 2.59 bits per heavy atom. The van der Waals surface area contributed by atoms with Gasteiger partial charge in [0, 0.05) is 23.3 Å². The van der Waals surface area contributed by atoms with Crippen LogP contribution in [0.15, 0.2) is 48.5 Å². The van der Waals surface area contributed by atoms with Gasteiger partial charge in [-0.3, -0.25) is 0 Å². The van der Waals surface area contributed by atoms with Gasteiger partial charge in [0.1, 0.15) is 12.8 Å². The fraction of sp³-hybridized carbons (Fsp3) is 0.304. The number of hydrogen-bond donors (Lipinski definition) is 0. The van der Waals surface area contributed by atoms with Crippen molar-refractivity contribution in [3.05, 3.63) is 65.2 Å². The summed E-state index contributed by atoms with van der Waals surface area (Å²) in [4.78, 5) is 11.9. The highest BCUT2D eigenvalue weighted by Gasteiger charge is 2.43. The van der Waals surface area contributed by atoms with Crippen molar-refractivity contribution < 1.29 is 18.8 Å². The van der Waals surface area contributed by atoms with Crippen LogP contribution in [-0.2, 0) is 10.2 Å². The summed E-state index contributed by atoms with van der Waals surface area (Å²) in [6.45, 7) is 6.96. The van der Waals surface area contributed by atoms with Crippen molar-refractivity contribution in [2.45, 2.75) is 26.2 Å². The largest absolute Gasteiger partial charge is 0.493 e. The lowest BCUT2D eigenvalue weighted by atomic mass is 9.80. The maximum absolute atomic E-state index is 11.9. The molecule has 0 bridgehead atoms. The number of esters is 1. The number of fused-ring (bicyclic) bond motifs is 1. The monoisotopic (exact) mass is 364 g/mol. The maximum atomic E-state index is 11.9. The quantitative estimate of drug-likeness (QED) is 0.575. The molecule has 1 aliphatic heterocycles. The van der Waals surface area contributed by atoms with E-state index >= 15 is 0 Å². The molecule has 0 N–H and O–H groups in total. The van der Waals surface area contributed by atoms with Crippen LogP contribution >= 0.6 is 0 Å². The molecule has 0 aliphatic carbocycles. The Balaban J connectivity index is 2.00. The van der Waals surface area contributed by atoms with Crippen molar-refractivity contribution in [1.29, 1.82) is 0 Å². The van der Waals surface area contributed by atoms with Crippen LogP contribution in [-0.4, -0.2) is 37.0 Å². The lowest BCUT2D eigenvalue weighted by molar-refractivity contribution is -0.401. The van der Waals surface area contributed by atoms with Crippen LogP contribution < -0.4 is 4.74 Å². The molecule has 0 atom stereocenters. The third-order valence-electron chi connectivity index (χ3n) is 5.09. The van der Waals surface area contributed by atoms with Gasteiger partial charge < -0.3 is 9.47 Å². The van der Waals surface area contributed by atoms with Crippen molar-refractivity contribution in [3.8, 4) is 5.75 Å². The van der Waals surface area contributed by atoms with Gasteiger partial charge in [0.2, 0.25) is 5.69 Å². The fourth-order valence-corrected chi connectivity index (χ4v) is 3.65. The molecule has 0 radical (unpaired) electrons. The molecule has 27 heavy (non-hydrogen) atoms. The molecule has 0 amide bonds. The fourth-order valence-electron chi connectivity index (χ4n) is 3.65. The Morgan fingerprint density at radius 2 is 1.89 bits per heavy atom. The lowest BCUT2D eigenvalue weighted by Crippen LogP contribution is -2.26. The molecule has 2 aromatic carbocycles. The molecule has 2 aromatic rings. The van der Waals surface area contributed by atoms with Gasteiger partial charge in [-0.15, -0.1) is 0 Å². The van der Waals surface area contributed by atoms with Gasteiger partial charge in [-0.05, 0) is 45.0 Å². The molecule has 0 saturated heterocycles. The SMILES string of the molecule is CCOc1ccccc1C=CC1=[N+](C)c2ccc(C(=O)OC)cc2C1(C)C. The number of nitrogens with zero attached hydrogens (tertiary/aromatic N) is 1. The van der Waals surface area contributed by atoms with Crippen LogP contribution in [0, 0.1) is 0 Å². The predicted molar refractivity (Wildman–Crippen MR) is 108 cm³/mol. The first kappa shape index (κ1) is 18.9.